The molecule has 0 saturated carbocycles. The number of aryl methyl sites for hydroxylation is 2. The number of benzene rings is 2. The van der Waals surface area contributed by atoms with Crippen LogP contribution >= 0.6 is 11.3 Å². The van der Waals surface area contributed by atoms with E-state index in [1.165, 1.54) is 11.3 Å². The number of carbonyl (C=O) groups excluding carboxylic acids is 4. The first-order valence-corrected chi connectivity index (χ1v) is 11.6. The van der Waals surface area contributed by atoms with Gasteiger partial charge in [-0.25, -0.2) is 0 Å². The number of rotatable bonds is 5. The molecule has 3 aromatic rings. The topological polar surface area (TPSA) is 113 Å². The molecule has 1 N–H and O–H groups in total. The highest BCUT2D eigenvalue weighted by Crippen LogP contribution is 2.35. The van der Waals surface area contributed by atoms with E-state index in [4.69, 9.17) is 0 Å². The van der Waals surface area contributed by atoms with Gasteiger partial charge < -0.3 is 4.90 Å². The predicted molar refractivity (Wildman–Crippen MR) is 126 cm³/mol. The summed E-state index contributed by atoms with van der Waals surface area (Å²) in [4.78, 5) is 52.8. The third-order valence-corrected chi connectivity index (χ3v) is 6.86. The van der Waals surface area contributed by atoms with Gasteiger partial charge in [-0.15, -0.1) is 10.2 Å². The number of aromatic nitrogens is 2. The Morgan fingerprint density at radius 1 is 1.03 bits per heavy atom. The van der Waals surface area contributed by atoms with Crippen molar-refractivity contribution in [2.75, 3.05) is 23.3 Å². The molecular weight excluding hydrogens is 454 g/mol. The summed E-state index contributed by atoms with van der Waals surface area (Å²) in [7, 11) is 0. The highest BCUT2D eigenvalue weighted by molar-refractivity contribution is 7.15. The molecule has 2 aliphatic rings. The average molecular weight is 476 g/mol. The van der Waals surface area contributed by atoms with Crippen LogP contribution in [0.4, 0.5) is 10.8 Å². The summed E-state index contributed by atoms with van der Waals surface area (Å²) in [5.41, 5.74) is 3.62. The zero-order valence-electron chi connectivity index (χ0n) is 18.6. The molecule has 0 bridgehead atoms. The molecule has 0 spiro atoms. The minimum absolute atomic E-state index is 0.0152. The van der Waals surface area contributed by atoms with Crippen LogP contribution in [0, 0.1) is 13.8 Å². The molecule has 1 fully saturated rings. The summed E-state index contributed by atoms with van der Waals surface area (Å²) in [6.45, 7) is 4.06. The van der Waals surface area contributed by atoms with Crippen molar-refractivity contribution in [2.24, 2.45) is 0 Å². The standard InChI is InChI=1S/C24H21N5O4S/c1-13-7-14(2)9-16(8-13)28-11-15(10-20(28)31)21-26-27-24(34-21)25-19(30)12-29-22(32)17-5-3-4-6-18(17)23(29)33/h3-9,15H,10-12H2,1-2H3,(H,25,27,30)/t15-/m0/s1. The minimum atomic E-state index is -0.545. The van der Waals surface area contributed by atoms with Crippen molar-refractivity contribution in [3.63, 3.8) is 0 Å². The normalized spacial score (nSPS) is 17.5. The second kappa shape index (κ2) is 8.45. The van der Waals surface area contributed by atoms with Gasteiger partial charge in [0, 0.05) is 24.6 Å². The Labute approximate surface area is 199 Å². The van der Waals surface area contributed by atoms with E-state index >= 15 is 0 Å². The van der Waals surface area contributed by atoms with Crippen molar-refractivity contribution in [2.45, 2.75) is 26.2 Å². The molecule has 1 atom stereocenters. The lowest BCUT2D eigenvalue weighted by molar-refractivity contribution is -0.117. The lowest BCUT2D eigenvalue weighted by atomic mass is 10.1. The zero-order chi connectivity index (χ0) is 24.0. The van der Waals surface area contributed by atoms with Crippen LogP contribution in [0.5, 0.6) is 0 Å². The maximum Gasteiger partial charge on any atom is 0.262 e. The van der Waals surface area contributed by atoms with Crippen molar-refractivity contribution >= 4 is 45.8 Å². The maximum absolute atomic E-state index is 12.7. The van der Waals surface area contributed by atoms with Gasteiger partial charge in [-0.3, -0.25) is 29.4 Å². The van der Waals surface area contributed by atoms with Crippen LogP contribution < -0.4 is 10.2 Å². The summed E-state index contributed by atoms with van der Waals surface area (Å²) in [6.07, 6.45) is 0.310. The van der Waals surface area contributed by atoms with Crippen molar-refractivity contribution < 1.29 is 19.2 Å². The number of amides is 4. The lowest BCUT2D eigenvalue weighted by Crippen LogP contribution is -2.37. The molecule has 1 saturated heterocycles. The molecule has 0 aliphatic carbocycles. The Balaban J connectivity index is 1.23. The first kappa shape index (κ1) is 21.9. The lowest BCUT2D eigenvalue weighted by Gasteiger charge is -2.17. The number of imide groups is 1. The Bertz CT molecular complexity index is 1300. The number of hydrogen-bond acceptors (Lipinski definition) is 7. The smallest absolute Gasteiger partial charge is 0.262 e. The Morgan fingerprint density at radius 2 is 1.68 bits per heavy atom. The van der Waals surface area contributed by atoms with Gasteiger partial charge in [0.2, 0.25) is 16.9 Å². The van der Waals surface area contributed by atoms with Crippen LogP contribution in [0.25, 0.3) is 0 Å². The van der Waals surface area contributed by atoms with Gasteiger partial charge in [-0.05, 0) is 49.2 Å². The molecule has 3 heterocycles. The molecule has 0 unspecified atom stereocenters. The molecular formula is C24H21N5O4S. The predicted octanol–water partition coefficient (Wildman–Crippen LogP) is 2.91. The molecule has 5 rings (SSSR count). The van der Waals surface area contributed by atoms with E-state index < -0.39 is 24.3 Å². The fourth-order valence-electron chi connectivity index (χ4n) is 4.36. The monoisotopic (exact) mass is 475 g/mol. The number of hydrogen-bond donors (Lipinski definition) is 1. The Hall–Kier alpha value is -3.92. The molecule has 2 aromatic carbocycles. The van der Waals surface area contributed by atoms with E-state index in [2.05, 4.69) is 21.6 Å². The second-order valence-corrected chi connectivity index (χ2v) is 9.50. The van der Waals surface area contributed by atoms with Gasteiger partial charge in [-0.1, -0.05) is 29.5 Å². The first-order chi connectivity index (χ1) is 16.3. The Morgan fingerprint density at radius 3 is 2.32 bits per heavy atom. The third-order valence-electron chi connectivity index (χ3n) is 5.86. The fraction of sp³-hybridized carbons (Fsp3) is 0.250. The number of carbonyl (C=O) groups is 4. The SMILES string of the molecule is Cc1cc(C)cc(N2C[C@@H](c3nnc(NC(=O)CN4C(=O)c5ccccc5C4=O)s3)CC2=O)c1. The summed E-state index contributed by atoms with van der Waals surface area (Å²) in [5, 5.41) is 11.7. The number of nitrogens with one attached hydrogen (secondary N) is 1. The summed E-state index contributed by atoms with van der Waals surface area (Å²) >= 11 is 1.19. The molecule has 4 amide bonds. The van der Waals surface area contributed by atoms with Crippen LogP contribution in [0.15, 0.2) is 42.5 Å². The van der Waals surface area contributed by atoms with Crippen LogP contribution in [-0.4, -0.2) is 51.8 Å². The van der Waals surface area contributed by atoms with Crippen LogP contribution in [0.3, 0.4) is 0 Å². The number of nitrogens with zero attached hydrogens (tertiary/aromatic N) is 4. The molecule has 10 heteroatoms. The van der Waals surface area contributed by atoms with E-state index in [1.54, 1.807) is 29.2 Å². The van der Waals surface area contributed by atoms with Crippen molar-refractivity contribution in [1.82, 2.24) is 15.1 Å². The van der Waals surface area contributed by atoms with Gasteiger partial charge in [-0.2, -0.15) is 0 Å². The van der Waals surface area contributed by atoms with Crippen LogP contribution in [0.2, 0.25) is 0 Å². The maximum atomic E-state index is 12.7. The highest BCUT2D eigenvalue weighted by Gasteiger charge is 2.37. The third kappa shape index (κ3) is 3.96. The number of fused-ring (bicyclic) bond motifs is 1. The fourth-order valence-corrected chi connectivity index (χ4v) is 5.22. The van der Waals surface area contributed by atoms with Gasteiger partial charge in [0.15, 0.2) is 0 Å². The quantitative estimate of drug-likeness (QED) is 0.568. The van der Waals surface area contributed by atoms with Crippen molar-refractivity contribution in [3.05, 3.63) is 69.7 Å². The van der Waals surface area contributed by atoms with E-state index in [0.717, 1.165) is 21.7 Å². The van der Waals surface area contributed by atoms with Crippen LogP contribution in [0.1, 0.15) is 49.2 Å². The zero-order valence-corrected chi connectivity index (χ0v) is 19.4. The van der Waals surface area contributed by atoms with Crippen molar-refractivity contribution in [3.8, 4) is 0 Å². The molecule has 2 aliphatic heterocycles. The molecule has 34 heavy (non-hydrogen) atoms. The number of anilines is 2. The van der Waals surface area contributed by atoms with Gasteiger partial charge in [0.25, 0.3) is 11.8 Å². The van der Waals surface area contributed by atoms with Gasteiger partial charge in [0.1, 0.15) is 11.6 Å². The Kier molecular flexibility index (Phi) is 5.45. The van der Waals surface area contributed by atoms with E-state index in [1.807, 2.05) is 26.0 Å². The van der Waals surface area contributed by atoms with Gasteiger partial charge >= 0.3 is 0 Å². The summed E-state index contributed by atoms with van der Waals surface area (Å²) < 4.78 is 0. The summed E-state index contributed by atoms with van der Waals surface area (Å²) in [6, 6.07) is 12.5. The largest absolute Gasteiger partial charge is 0.312 e. The summed E-state index contributed by atoms with van der Waals surface area (Å²) in [5.74, 6) is -1.65. The molecule has 0 radical (unpaired) electrons. The van der Waals surface area contributed by atoms with Gasteiger partial charge in [0.05, 0.1) is 11.1 Å². The first-order valence-electron chi connectivity index (χ1n) is 10.8. The second-order valence-electron chi connectivity index (χ2n) is 8.49. The van der Waals surface area contributed by atoms with E-state index in [-0.39, 0.29) is 28.1 Å². The van der Waals surface area contributed by atoms with Crippen LogP contribution in [-0.2, 0) is 9.59 Å². The molecule has 1 aromatic heterocycles. The average Bonchev–Trinajstić information content (AvgIpc) is 3.47. The van der Waals surface area contributed by atoms with E-state index in [0.29, 0.717) is 18.0 Å². The minimum Gasteiger partial charge on any atom is -0.312 e. The highest BCUT2D eigenvalue weighted by atomic mass is 32.1. The molecule has 9 nitrogen and oxygen atoms in total. The molecule has 172 valence electrons. The van der Waals surface area contributed by atoms with Crippen molar-refractivity contribution in [1.29, 1.82) is 0 Å². The van der Waals surface area contributed by atoms with E-state index in [9.17, 15) is 19.2 Å².